The molecule has 1 aromatic carbocycles. The molecule has 16 heavy (non-hydrogen) atoms. The van der Waals surface area contributed by atoms with E-state index in [1.807, 2.05) is 13.1 Å². The molecule has 0 aromatic heterocycles. The van der Waals surface area contributed by atoms with Crippen molar-refractivity contribution in [2.45, 2.75) is 19.4 Å². The van der Waals surface area contributed by atoms with Crippen LogP contribution in [0, 0.1) is 0 Å². The molecular formula is C13H21NO2. The molecule has 1 unspecified atom stereocenters. The van der Waals surface area contributed by atoms with Crippen molar-refractivity contribution in [2.24, 2.45) is 0 Å². The van der Waals surface area contributed by atoms with E-state index in [4.69, 9.17) is 9.47 Å². The largest absolute Gasteiger partial charge is 0.496 e. The third-order valence-electron chi connectivity index (χ3n) is 2.72. The molecule has 0 heterocycles. The molecule has 0 aliphatic rings. The molecule has 0 fully saturated rings. The molecule has 3 nitrogen and oxygen atoms in total. The summed E-state index contributed by atoms with van der Waals surface area (Å²) in [6.07, 6.45) is 1.05. The summed E-state index contributed by atoms with van der Waals surface area (Å²) < 4.78 is 10.8. The van der Waals surface area contributed by atoms with Gasteiger partial charge in [0.15, 0.2) is 0 Å². The molecule has 0 amide bonds. The highest BCUT2D eigenvalue weighted by Crippen LogP contribution is 2.28. The van der Waals surface area contributed by atoms with Gasteiger partial charge in [-0.15, -0.1) is 0 Å². The van der Waals surface area contributed by atoms with Gasteiger partial charge in [0.2, 0.25) is 0 Å². The lowest BCUT2D eigenvalue weighted by molar-refractivity contribution is 0.102. The van der Waals surface area contributed by atoms with Gasteiger partial charge in [0.1, 0.15) is 5.75 Å². The fourth-order valence-corrected chi connectivity index (χ4v) is 1.76. The highest BCUT2D eigenvalue weighted by atomic mass is 16.5. The number of hydrogen-bond donors (Lipinski definition) is 1. The molecule has 0 saturated carbocycles. The third-order valence-corrected chi connectivity index (χ3v) is 2.72. The van der Waals surface area contributed by atoms with Crippen molar-refractivity contribution in [3.8, 4) is 5.75 Å². The fraction of sp³-hybridized carbons (Fsp3) is 0.538. The maximum Gasteiger partial charge on any atom is 0.124 e. The summed E-state index contributed by atoms with van der Waals surface area (Å²) in [6, 6.07) is 6.26. The monoisotopic (exact) mass is 223 g/mol. The van der Waals surface area contributed by atoms with Crippen LogP contribution in [0.5, 0.6) is 5.75 Å². The highest BCUT2D eigenvalue weighted by Gasteiger charge is 2.15. The van der Waals surface area contributed by atoms with Gasteiger partial charge < -0.3 is 14.8 Å². The molecular weight excluding hydrogens is 202 g/mol. The van der Waals surface area contributed by atoms with Gasteiger partial charge in [0.25, 0.3) is 0 Å². The molecule has 0 saturated heterocycles. The van der Waals surface area contributed by atoms with Gasteiger partial charge in [-0.05, 0) is 31.2 Å². The van der Waals surface area contributed by atoms with E-state index < -0.39 is 0 Å². The van der Waals surface area contributed by atoms with Crippen LogP contribution in [-0.4, -0.2) is 27.8 Å². The van der Waals surface area contributed by atoms with E-state index >= 15 is 0 Å². The molecule has 1 aromatic rings. The van der Waals surface area contributed by atoms with Crippen LogP contribution in [0.3, 0.4) is 0 Å². The molecule has 3 heteroatoms. The first kappa shape index (κ1) is 13.0. The van der Waals surface area contributed by atoms with Gasteiger partial charge in [-0.3, -0.25) is 0 Å². The number of rotatable bonds is 6. The van der Waals surface area contributed by atoms with Gasteiger partial charge in [-0.2, -0.15) is 0 Å². The molecule has 1 N–H and O–H groups in total. The van der Waals surface area contributed by atoms with E-state index in [1.54, 1.807) is 14.2 Å². The zero-order chi connectivity index (χ0) is 12.0. The van der Waals surface area contributed by atoms with Gasteiger partial charge in [0, 0.05) is 19.2 Å². The minimum absolute atomic E-state index is 0.0337. The Kier molecular flexibility index (Phi) is 5.29. The number of benzene rings is 1. The Labute approximate surface area is 97.8 Å². The Hall–Kier alpha value is -1.06. The quantitative estimate of drug-likeness (QED) is 0.801. The summed E-state index contributed by atoms with van der Waals surface area (Å²) >= 11 is 0. The number of hydrogen-bond acceptors (Lipinski definition) is 3. The Balaban J connectivity index is 3.05. The summed E-state index contributed by atoms with van der Waals surface area (Å²) in [5.74, 6) is 0.888. The molecule has 90 valence electrons. The van der Waals surface area contributed by atoms with Crippen LogP contribution >= 0.6 is 0 Å². The lowest BCUT2D eigenvalue weighted by Crippen LogP contribution is -2.19. The summed E-state index contributed by atoms with van der Waals surface area (Å²) in [7, 11) is 5.33. The average molecular weight is 223 g/mol. The normalized spacial score (nSPS) is 12.5. The summed E-state index contributed by atoms with van der Waals surface area (Å²) in [5.41, 5.74) is 2.41. The molecule has 0 bridgehead atoms. The Morgan fingerprint density at radius 2 is 2.06 bits per heavy atom. The third kappa shape index (κ3) is 2.97. The fourth-order valence-electron chi connectivity index (χ4n) is 1.76. The predicted octanol–water partition coefficient (Wildman–Crippen LogP) is 2.16. The van der Waals surface area contributed by atoms with E-state index in [0.717, 1.165) is 24.3 Å². The standard InChI is InChI=1S/C13H21NO2/c1-5-10-6-7-12(15-3)11(8-10)13(16-4)9-14-2/h6-8,13-14H,5,9H2,1-4H3. The number of nitrogens with one attached hydrogen (secondary N) is 1. The van der Waals surface area contributed by atoms with Crippen LogP contribution in [0.2, 0.25) is 0 Å². The lowest BCUT2D eigenvalue weighted by Gasteiger charge is -2.19. The van der Waals surface area contributed by atoms with Crippen molar-refractivity contribution < 1.29 is 9.47 Å². The Morgan fingerprint density at radius 3 is 2.56 bits per heavy atom. The van der Waals surface area contributed by atoms with E-state index in [0.29, 0.717) is 0 Å². The van der Waals surface area contributed by atoms with Crippen molar-refractivity contribution in [1.29, 1.82) is 0 Å². The molecule has 1 atom stereocenters. The number of methoxy groups -OCH3 is 2. The minimum Gasteiger partial charge on any atom is -0.496 e. The van der Waals surface area contributed by atoms with Crippen LogP contribution in [0.25, 0.3) is 0 Å². The Bertz CT molecular complexity index is 326. The second-order valence-corrected chi connectivity index (χ2v) is 3.71. The maximum absolute atomic E-state index is 5.48. The van der Waals surface area contributed by atoms with Crippen LogP contribution in [0.15, 0.2) is 18.2 Å². The molecule has 0 aliphatic heterocycles. The van der Waals surface area contributed by atoms with Crippen LogP contribution < -0.4 is 10.1 Å². The summed E-state index contributed by atoms with van der Waals surface area (Å²) in [5, 5.41) is 3.13. The SMILES string of the molecule is CCc1ccc(OC)c(C(CNC)OC)c1. The first-order valence-corrected chi connectivity index (χ1v) is 5.61. The van der Waals surface area contributed by atoms with Gasteiger partial charge >= 0.3 is 0 Å². The minimum atomic E-state index is 0.0337. The highest BCUT2D eigenvalue weighted by molar-refractivity contribution is 5.39. The van der Waals surface area contributed by atoms with E-state index in [9.17, 15) is 0 Å². The van der Waals surface area contributed by atoms with E-state index in [1.165, 1.54) is 5.56 Å². The predicted molar refractivity (Wildman–Crippen MR) is 66.0 cm³/mol. The van der Waals surface area contributed by atoms with Crippen LogP contribution in [0.4, 0.5) is 0 Å². The molecule has 0 aliphatic carbocycles. The molecule has 0 radical (unpaired) electrons. The van der Waals surface area contributed by atoms with Gasteiger partial charge in [-0.25, -0.2) is 0 Å². The van der Waals surface area contributed by atoms with E-state index in [2.05, 4.69) is 24.4 Å². The van der Waals surface area contributed by atoms with Gasteiger partial charge in [-0.1, -0.05) is 13.0 Å². The van der Waals surface area contributed by atoms with E-state index in [-0.39, 0.29) is 6.10 Å². The van der Waals surface area contributed by atoms with Crippen molar-refractivity contribution in [1.82, 2.24) is 5.32 Å². The van der Waals surface area contributed by atoms with Crippen molar-refractivity contribution in [3.63, 3.8) is 0 Å². The Morgan fingerprint density at radius 1 is 1.31 bits per heavy atom. The van der Waals surface area contributed by atoms with Crippen molar-refractivity contribution in [3.05, 3.63) is 29.3 Å². The first-order valence-electron chi connectivity index (χ1n) is 5.61. The second kappa shape index (κ2) is 6.51. The molecule has 0 spiro atoms. The lowest BCUT2D eigenvalue weighted by atomic mass is 10.0. The van der Waals surface area contributed by atoms with Crippen molar-refractivity contribution in [2.75, 3.05) is 27.8 Å². The smallest absolute Gasteiger partial charge is 0.124 e. The van der Waals surface area contributed by atoms with Crippen LogP contribution in [0.1, 0.15) is 24.2 Å². The van der Waals surface area contributed by atoms with Crippen molar-refractivity contribution >= 4 is 0 Å². The van der Waals surface area contributed by atoms with Gasteiger partial charge in [0.05, 0.1) is 13.2 Å². The number of ether oxygens (including phenoxy) is 2. The number of likely N-dealkylation sites (N-methyl/N-ethyl adjacent to an activating group) is 1. The maximum atomic E-state index is 5.48. The summed E-state index contributed by atoms with van der Waals surface area (Å²) in [6.45, 7) is 2.92. The average Bonchev–Trinajstić information content (AvgIpc) is 2.35. The number of aryl methyl sites for hydroxylation is 1. The topological polar surface area (TPSA) is 30.5 Å². The first-order chi connectivity index (χ1) is 7.76. The van der Waals surface area contributed by atoms with Crippen LogP contribution in [-0.2, 0) is 11.2 Å². The molecule has 1 rings (SSSR count). The summed E-state index contributed by atoms with van der Waals surface area (Å²) in [4.78, 5) is 0. The zero-order valence-electron chi connectivity index (χ0n) is 10.5. The second-order valence-electron chi connectivity index (χ2n) is 3.71. The zero-order valence-corrected chi connectivity index (χ0v) is 10.5.